The molecule has 1 aromatic carbocycles. The number of carbonyl (C=O) groups is 1. The molecule has 98 valence electrons. The molecule has 0 amide bonds. The molecule has 3 nitrogen and oxygen atoms in total. The first-order chi connectivity index (χ1) is 8.69. The summed E-state index contributed by atoms with van der Waals surface area (Å²) in [4.78, 5) is 13.7. The number of aliphatic carboxylic acids is 1. The number of rotatable bonds is 4. The Labute approximate surface area is 108 Å². The van der Waals surface area contributed by atoms with Crippen molar-refractivity contribution in [2.75, 3.05) is 11.4 Å². The van der Waals surface area contributed by atoms with Crippen LogP contribution >= 0.6 is 0 Å². The van der Waals surface area contributed by atoms with Crippen molar-refractivity contribution in [2.45, 2.75) is 45.1 Å². The van der Waals surface area contributed by atoms with Crippen LogP contribution in [0.2, 0.25) is 0 Å². The van der Waals surface area contributed by atoms with Gasteiger partial charge in [-0.15, -0.1) is 0 Å². The highest BCUT2D eigenvalue weighted by Gasteiger charge is 2.31. The number of nitrogens with zero attached hydrogens (tertiary/aromatic N) is 1. The third kappa shape index (κ3) is 2.22. The van der Waals surface area contributed by atoms with Crippen LogP contribution in [-0.2, 0) is 4.79 Å². The van der Waals surface area contributed by atoms with Gasteiger partial charge in [0, 0.05) is 18.3 Å². The first-order valence-electron chi connectivity index (χ1n) is 6.77. The Kier molecular flexibility index (Phi) is 3.90. The molecule has 0 aliphatic carbocycles. The third-order valence-electron chi connectivity index (χ3n) is 3.96. The molecule has 1 aliphatic heterocycles. The van der Waals surface area contributed by atoms with Crippen molar-refractivity contribution >= 4 is 11.7 Å². The summed E-state index contributed by atoms with van der Waals surface area (Å²) in [6.45, 7) is 5.24. The maximum atomic E-state index is 11.3. The summed E-state index contributed by atoms with van der Waals surface area (Å²) >= 11 is 0. The van der Waals surface area contributed by atoms with Crippen molar-refractivity contribution in [1.82, 2.24) is 0 Å². The Morgan fingerprint density at radius 3 is 2.67 bits per heavy atom. The fraction of sp³-hybridized carbons (Fsp3) is 0.533. The van der Waals surface area contributed by atoms with Crippen LogP contribution in [0.5, 0.6) is 0 Å². The van der Waals surface area contributed by atoms with Crippen molar-refractivity contribution in [3.63, 3.8) is 0 Å². The van der Waals surface area contributed by atoms with E-state index in [0.29, 0.717) is 12.5 Å². The number of carboxylic acids is 1. The number of para-hydroxylation sites is 1. The summed E-state index contributed by atoms with van der Waals surface area (Å²) in [7, 11) is 0. The molecule has 1 atom stereocenters. The van der Waals surface area contributed by atoms with E-state index in [1.54, 1.807) is 0 Å². The topological polar surface area (TPSA) is 40.5 Å². The number of benzene rings is 1. The molecule has 3 heteroatoms. The summed E-state index contributed by atoms with van der Waals surface area (Å²) in [5, 5.41) is 9.31. The van der Waals surface area contributed by atoms with Crippen molar-refractivity contribution in [2.24, 2.45) is 0 Å². The fourth-order valence-corrected chi connectivity index (χ4v) is 2.95. The van der Waals surface area contributed by atoms with Gasteiger partial charge in [-0.2, -0.15) is 0 Å². The molecule has 0 saturated carbocycles. The number of carboxylic acid groups (broad SMARTS) is 1. The van der Waals surface area contributed by atoms with Gasteiger partial charge in [-0.25, -0.2) is 0 Å². The average Bonchev–Trinajstić information content (AvgIpc) is 2.39. The largest absolute Gasteiger partial charge is 0.481 e. The monoisotopic (exact) mass is 247 g/mol. The zero-order valence-corrected chi connectivity index (χ0v) is 11.1. The Bertz CT molecular complexity index is 426. The lowest BCUT2D eigenvalue weighted by Crippen LogP contribution is -2.40. The summed E-state index contributed by atoms with van der Waals surface area (Å²) in [5.74, 6) is -1.04. The van der Waals surface area contributed by atoms with Crippen LogP contribution in [0.15, 0.2) is 24.3 Å². The van der Waals surface area contributed by atoms with Crippen LogP contribution < -0.4 is 4.90 Å². The molecule has 1 unspecified atom stereocenters. The number of fused-ring (bicyclic) bond motifs is 1. The highest BCUT2D eigenvalue weighted by Crippen LogP contribution is 2.37. The molecule has 1 aromatic rings. The molecule has 0 radical (unpaired) electrons. The molecule has 0 spiro atoms. The Morgan fingerprint density at radius 1 is 1.39 bits per heavy atom. The highest BCUT2D eigenvalue weighted by atomic mass is 16.4. The van der Waals surface area contributed by atoms with Crippen molar-refractivity contribution in [3.8, 4) is 0 Å². The minimum Gasteiger partial charge on any atom is -0.481 e. The van der Waals surface area contributed by atoms with Gasteiger partial charge in [0.05, 0.1) is 5.92 Å². The van der Waals surface area contributed by atoms with Gasteiger partial charge in [-0.1, -0.05) is 32.0 Å². The van der Waals surface area contributed by atoms with E-state index in [-0.39, 0.29) is 5.92 Å². The molecule has 18 heavy (non-hydrogen) atoms. The van der Waals surface area contributed by atoms with E-state index in [9.17, 15) is 9.90 Å². The van der Waals surface area contributed by atoms with E-state index in [2.05, 4.69) is 24.8 Å². The van der Waals surface area contributed by atoms with Crippen molar-refractivity contribution in [1.29, 1.82) is 0 Å². The predicted octanol–water partition coefficient (Wildman–Crippen LogP) is 3.25. The number of anilines is 1. The second-order valence-electron chi connectivity index (χ2n) is 4.90. The van der Waals surface area contributed by atoms with Gasteiger partial charge in [0.15, 0.2) is 0 Å². The normalized spacial score (nSPS) is 18.8. The zero-order valence-electron chi connectivity index (χ0n) is 11.1. The zero-order chi connectivity index (χ0) is 13.1. The fourth-order valence-electron chi connectivity index (χ4n) is 2.95. The maximum absolute atomic E-state index is 11.3. The summed E-state index contributed by atoms with van der Waals surface area (Å²) in [6.07, 6.45) is 2.91. The van der Waals surface area contributed by atoms with Crippen LogP contribution in [0.25, 0.3) is 0 Å². The maximum Gasteiger partial charge on any atom is 0.311 e. The minimum absolute atomic E-state index is 0.341. The molecule has 1 aliphatic rings. The first-order valence-corrected chi connectivity index (χ1v) is 6.77. The predicted molar refractivity (Wildman–Crippen MR) is 73.2 cm³/mol. The lowest BCUT2D eigenvalue weighted by atomic mass is 9.88. The van der Waals surface area contributed by atoms with Crippen LogP contribution in [0.1, 0.15) is 44.6 Å². The van der Waals surface area contributed by atoms with Gasteiger partial charge < -0.3 is 10.0 Å². The van der Waals surface area contributed by atoms with Crippen LogP contribution in [0.3, 0.4) is 0 Å². The molecule has 0 aromatic heterocycles. The first kappa shape index (κ1) is 12.9. The molecule has 1 heterocycles. The van der Waals surface area contributed by atoms with E-state index in [4.69, 9.17) is 0 Å². The number of hydrogen-bond donors (Lipinski definition) is 1. The second kappa shape index (κ2) is 5.42. The van der Waals surface area contributed by atoms with E-state index in [1.807, 2.05) is 18.2 Å². The minimum atomic E-state index is -0.702. The van der Waals surface area contributed by atoms with Gasteiger partial charge in [-0.05, 0) is 30.9 Å². The second-order valence-corrected chi connectivity index (χ2v) is 4.90. The SMILES string of the molecule is CCC(CC)N1CCC(C(=O)O)c2ccccc21. The smallest absolute Gasteiger partial charge is 0.311 e. The van der Waals surface area contributed by atoms with E-state index in [1.165, 1.54) is 0 Å². The van der Waals surface area contributed by atoms with E-state index < -0.39 is 5.97 Å². The van der Waals surface area contributed by atoms with E-state index >= 15 is 0 Å². The van der Waals surface area contributed by atoms with Gasteiger partial charge in [0.25, 0.3) is 0 Å². The molecular formula is C15H21NO2. The molecule has 2 rings (SSSR count). The lowest BCUT2D eigenvalue weighted by Gasteiger charge is -2.39. The Balaban J connectivity index is 2.39. The van der Waals surface area contributed by atoms with Crippen molar-refractivity contribution < 1.29 is 9.90 Å². The average molecular weight is 247 g/mol. The quantitative estimate of drug-likeness (QED) is 0.887. The number of hydrogen-bond acceptors (Lipinski definition) is 2. The Hall–Kier alpha value is -1.51. The molecule has 0 bridgehead atoms. The molecular weight excluding hydrogens is 226 g/mol. The molecule has 0 fully saturated rings. The molecule has 1 N–H and O–H groups in total. The van der Waals surface area contributed by atoms with Crippen LogP contribution in [0, 0.1) is 0 Å². The van der Waals surface area contributed by atoms with Gasteiger partial charge in [-0.3, -0.25) is 4.79 Å². The van der Waals surface area contributed by atoms with Crippen LogP contribution in [-0.4, -0.2) is 23.7 Å². The van der Waals surface area contributed by atoms with Gasteiger partial charge >= 0.3 is 5.97 Å². The van der Waals surface area contributed by atoms with Crippen LogP contribution in [0.4, 0.5) is 5.69 Å². The lowest BCUT2D eigenvalue weighted by molar-refractivity contribution is -0.139. The summed E-state index contributed by atoms with van der Waals surface area (Å²) < 4.78 is 0. The van der Waals surface area contributed by atoms with E-state index in [0.717, 1.165) is 30.6 Å². The summed E-state index contributed by atoms with van der Waals surface area (Å²) in [5.41, 5.74) is 2.09. The third-order valence-corrected chi connectivity index (χ3v) is 3.96. The van der Waals surface area contributed by atoms with Gasteiger partial charge in [0.2, 0.25) is 0 Å². The highest BCUT2D eigenvalue weighted by molar-refractivity contribution is 5.80. The Morgan fingerprint density at radius 2 is 2.06 bits per heavy atom. The van der Waals surface area contributed by atoms with Crippen molar-refractivity contribution in [3.05, 3.63) is 29.8 Å². The molecule has 0 saturated heterocycles. The standard InChI is InChI=1S/C15H21NO2/c1-3-11(4-2)16-10-9-13(15(17)18)12-7-5-6-8-14(12)16/h5-8,11,13H,3-4,9-10H2,1-2H3,(H,17,18). The summed E-state index contributed by atoms with van der Waals surface area (Å²) in [6, 6.07) is 8.47. The van der Waals surface area contributed by atoms with Gasteiger partial charge in [0.1, 0.15) is 0 Å².